The van der Waals surface area contributed by atoms with Crippen LogP contribution in [0.2, 0.25) is 0 Å². The number of nitrogens with zero attached hydrogens (tertiary/aromatic N) is 3. The molecule has 3 heterocycles. The Morgan fingerprint density at radius 2 is 2.33 bits per heavy atom. The Bertz CT molecular complexity index is 671. The summed E-state index contributed by atoms with van der Waals surface area (Å²) in [6, 6.07) is 2.28. The number of thiophene rings is 1. The van der Waals surface area contributed by atoms with E-state index in [1.165, 1.54) is 0 Å². The van der Waals surface area contributed by atoms with Crippen LogP contribution >= 0.6 is 11.3 Å². The lowest BCUT2D eigenvalue weighted by Crippen LogP contribution is -2.51. The zero-order chi connectivity index (χ0) is 14.6. The Balaban J connectivity index is 1.67. The summed E-state index contributed by atoms with van der Waals surface area (Å²) in [4.78, 5) is 16.8. The Hall–Kier alpha value is -1.40. The summed E-state index contributed by atoms with van der Waals surface area (Å²) >= 11 is 1.55. The number of rotatable bonds is 1. The third kappa shape index (κ3) is 2.00. The Morgan fingerprint density at radius 3 is 3.14 bits per heavy atom. The Kier molecular flexibility index (Phi) is 3.04. The number of hydrogen-bond donors (Lipinski definition) is 0. The molecule has 21 heavy (non-hydrogen) atoms. The van der Waals surface area contributed by atoms with E-state index in [9.17, 15) is 4.79 Å². The van der Waals surface area contributed by atoms with E-state index in [1.807, 2.05) is 29.6 Å². The molecule has 1 saturated heterocycles. The molecular weight excluding hydrogens is 286 g/mol. The van der Waals surface area contributed by atoms with Gasteiger partial charge < -0.3 is 9.64 Å². The van der Waals surface area contributed by atoms with E-state index in [0.717, 1.165) is 40.1 Å². The van der Waals surface area contributed by atoms with E-state index in [1.54, 1.807) is 11.3 Å². The first kappa shape index (κ1) is 13.3. The second-order valence-electron chi connectivity index (χ2n) is 5.94. The van der Waals surface area contributed by atoms with Crippen molar-refractivity contribution < 1.29 is 9.53 Å². The molecule has 1 saturated carbocycles. The topological polar surface area (TPSA) is 47.4 Å². The fraction of sp³-hybridized carbons (Fsp3) is 0.600. The molecule has 0 bridgehead atoms. The molecule has 112 valence electrons. The fourth-order valence-electron chi connectivity index (χ4n) is 3.63. The Morgan fingerprint density at radius 1 is 1.48 bits per heavy atom. The van der Waals surface area contributed by atoms with Crippen LogP contribution in [-0.4, -0.2) is 45.9 Å². The molecule has 6 heteroatoms. The van der Waals surface area contributed by atoms with Crippen LogP contribution in [0, 0.1) is 6.92 Å². The number of aromatic nitrogens is 2. The molecule has 0 radical (unpaired) electrons. The molecule has 4 rings (SSSR count). The average Bonchev–Trinajstić information content (AvgIpc) is 3.16. The van der Waals surface area contributed by atoms with Crippen molar-refractivity contribution in [2.24, 2.45) is 7.05 Å². The zero-order valence-corrected chi connectivity index (χ0v) is 13.2. The summed E-state index contributed by atoms with van der Waals surface area (Å²) in [5.74, 6) is 0.163. The van der Waals surface area contributed by atoms with Crippen molar-refractivity contribution in [3.8, 4) is 0 Å². The van der Waals surface area contributed by atoms with Crippen LogP contribution in [-0.2, 0) is 11.8 Å². The zero-order valence-electron chi connectivity index (χ0n) is 12.3. The maximum atomic E-state index is 12.9. The molecular formula is C15H19N3O2S. The number of ether oxygens (including phenoxy) is 1. The molecule has 2 aliphatic rings. The lowest BCUT2D eigenvalue weighted by molar-refractivity contribution is -0.0443. The van der Waals surface area contributed by atoms with Gasteiger partial charge in [0, 0.05) is 19.0 Å². The van der Waals surface area contributed by atoms with E-state index in [-0.39, 0.29) is 18.1 Å². The van der Waals surface area contributed by atoms with Crippen molar-refractivity contribution in [2.75, 3.05) is 13.2 Å². The number of fused-ring (bicyclic) bond motifs is 2. The van der Waals surface area contributed by atoms with Crippen LogP contribution in [0.15, 0.2) is 6.07 Å². The Labute approximate surface area is 127 Å². The summed E-state index contributed by atoms with van der Waals surface area (Å²) in [6.45, 7) is 3.37. The molecule has 2 atom stereocenters. The van der Waals surface area contributed by atoms with Gasteiger partial charge in [0.15, 0.2) is 0 Å². The molecule has 2 aromatic heterocycles. The summed E-state index contributed by atoms with van der Waals surface area (Å²) in [6.07, 6.45) is 3.57. The van der Waals surface area contributed by atoms with Crippen LogP contribution in [0.4, 0.5) is 0 Å². The van der Waals surface area contributed by atoms with Crippen molar-refractivity contribution in [1.82, 2.24) is 14.7 Å². The molecule has 1 aliphatic heterocycles. The molecule has 0 aromatic carbocycles. The number of amides is 1. The van der Waals surface area contributed by atoms with Gasteiger partial charge in [-0.05, 0) is 32.3 Å². The van der Waals surface area contributed by atoms with Gasteiger partial charge in [0.05, 0.1) is 29.3 Å². The minimum atomic E-state index is 0.163. The van der Waals surface area contributed by atoms with Crippen molar-refractivity contribution in [1.29, 1.82) is 0 Å². The molecule has 2 fully saturated rings. The third-order valence-electron chi connectivity index (χ3n) is 4.65. The standard InChI is InChI=1S/C15H19N3O2S/c1-9-10-8-13(21-15(10)17(2)16-9)14(19)18-6-7-20-12-5-3-4-11(12)18/h8,11-12H,3-7H2,1-2H3/t11-,12-/m1/s1. The number of aryl methyl sites for hydroxylation is 2. The van der Waals surface area contributed by atoms with Crippen molar-refractivity contribution in [2.45, 2.75) is 38.3 Å². The second-order valence-corrected chi connectivity index (χ2v) is 6.98. The van der Waals surface area contributed by atoms with Crippen LogP contribution < -0.4 is 0 Å². The van der Waals surface area contributed by atoms with Gasteiger partial charge in [-0.15, -0.1) is 11.3 Å². The van der Waals surface area contributed by atoms with Gasteiger partial charge in [0.25, 0.3) is 5.91 Å². The monoisotopic (exact) mass is 305 g/mol. The van der Waals surface area contributed by atoms with Crippen LogP contribution in [0.25, 0.3) is 10.2 Å². The van der Waals surface area contributed by atoms with E-state index in [4.69, 9.17) is 4.74 Å². The smallest absolute Gasteiger partial charge is 0.264 e. The second kappa shape index (κ2) is 4.81. The van der Waals surface area contributed by atoms with Gasteiger partial charge in [-0.25, -0.2) is 0 Å². The van der Waals surface area contributed by atoms with Crippen molar-refractivity contribution >= 4 is 27.5 Å². The number of morpholine rings is 1. The quantitative estimate of drug-likeness (QED) is 0.812. The first-order chi connectivity index (χ1) is 10.1. The predicted molar refractivity (Wildman–Crippen MR) is 81.7 cm³/mol. The van der Waals surface area contributed by atoms with E-state index in [0.29, 0.717) is 13.2 Å². The van der Waals surface area contributed by atoms with Gasteiger partial charge in [0.2, 0.25) is 0 Å². The maximum Gasteiger partial charge on any atom is 0.264 e. The molecule has 0 spiro atoms. The largest absolute Gasteiger partial charge is 0.374 e. The third-order valence-corrected chi connectivity index (χ3v) is 5.84. The van der Waals surface area contributed by atoms with E-state index < -0.39 is 0 Å². The average molecular weight is 305 g/mol. The van der Waals surface area contributed by atoms with Gasteiger partial charge in [0.1, 0.15) is 4.83 Å². The summed E-state index contributed by atoms with van der Waals surface area (Å²) in [5, 5.41) is 5.50. The first-order valence-corrected chi connectivity index (χ1v) is 8.32. The minimum Gasteiger partial charge on any atom is -0.374 e. The number of hydrogen-bond acceptors (Lipinski definition) is 4. The minimum absolute atomic E-state index is 0.163. The van der Waals surface area contributed by atoms with E-state index in [2.05, 4.69) is 5.10 Å². The van der Waals surface area contributed by atoms with Crippen LogP contribution in [0.5, 0.6) is 0 Å². The van der Waals surface area contributed by atoms with Crippen LogP contribution in [0.1, 0.15) is 34.6 Å². The molecule has 0 unspecified atom stereocenters. The highest BCUT2D eigenvalue weighted by molar-refractivity contribution is 7.20. The van der Waals surface area contributed by atoms with Crippen molar-refractivity contribution in [3.05, 3.63) is 16.6 Å². The highest BCUT2D eigenvalue weighted by Gasteiger charge is 2.39. The van der Waals surface area contributed by atoms with E-state index >= 15 is 0 Å². The number of carbonyl (C=O) groups is 1. The SMILES string of the molecule is Cc1nn(C)c2sc(C(=O)N3CCO[C@@H]4CCC[C@H]43)cc12. The molecule has 0 N–H and O–H groups in total. The summed E-state index contributed by atoms with van der Waals surface area (Å²) in [7, 11) is 1.93. The molecule has 5 nitrogen and oxygen atoms in total. The normalized spacial score (nSPS) is 25.5. The number of carbonyl (C=O) groups excluding carboxylic acids is 1. The molecule has 1 aliphatic carbocycles. The van der Waals surface area contributed by atoms with Crippen molar-refractivity contribution in [3.63, 3.8) is 0 Å². The maximum absolute atomic E-state index is 12.9. The highest BCUT2D eigenvalue weighted by Crippen LogP contribution is 2.33. The van der Waals surface area contributed by atoms with Gasteiger partial charge in [-0.1, -0.05) is 0 Å². The summed E-state index contributed by atoms with van der Waals surface area (Å²) < 4.78 is 7.66. The molecule has 1 amide bonds. The van der Waals surface area contributed by atoms with Gasteiger partial charge >= 0.3 is 0 Å². The molecule has 2 aromatic rings. The predicted octanol–water partition coefficient (Wildman–Crippen LogP) is 2.34. The lowest BCUT2D eigenvalue weighted by atomic mass is 10.1. The fourth-order valence-corrected chi connectivity index (χ4v) is 4.71. The van der Waals surface area contributed by atoms with Gasteiger partial charge in [-0.2, -0.15) is 5.10 Å². The summed E-state index contributed by atoms with van der Waals surface area (Å²) in [5.41, 5.74) is 0.989. The lowest BCUT2D eigenvalue weighted by Gasteiger charge is -2.37. The first-order valence-electron chi connectivity index (χ1n) is 7.51. The van der Waals surface area contributed by atoms with Gasteiger partial charge in [-0.3, -0.25) is 9.48 Å². The van der Waals surface area contributed by atoms with Crippen LogP contribution in [0.3, 0.4) is 0 Å². The highest BCUT2D eigenvalue weighted by atomic mass is 32.1.